The molecule has 0 atom stereocenters. The maximum Gasteiger partial charge on any atom is 0.410 e. The van der Waals surface area contributed by atoms with E-state index in [0.717, 1.165) is 5.56 Å². The maximum absolute atomic E-state index is 13.6. The number of amides is 2. The fourth-order valence-electron chi connectivity index (χ4n) is 5.20. The number of hydrogen-bond acceptors (Lipinski definition) is 5. The predicted molar refractivity (Wildman–Crippen MR) is 147 cm³/mol. The number of piperidine rings is 1. The third-order valence-corrected chi connectivity index (χ3v) is 8.10. The van der Waals surface area contributed by atoms with Gasteiger partial charge in [-0.15, -0.1) is 0 Å². The van der Waals surface area contributed by atoms with Crippen LogP contribution in [0.2, 0.25) is 10.0 Å². The third-order valence-electron chi connectivity index (χ3n) is 7.47. The molecule has 2 saturated heterocycles. The minimum absolute atomic E-state index is 0.0754. The molecule has 0 unspecified atom stereocenters. The van der Waals surface area contributed by atoms with Crippen LogP contribution in [-0.2, 0) is 16.7 Å². The van der Waals surface area contributed by atoms with Crippen molar-refractivity contribution in [3.8, 4) is 11.3 Å². The Labute approximate surface area is 232 Å². The van der Waals surface area contributed by atoms with Crippen LogP contribution in [0.3, 0.4) is 0 Å². The molecule has 0 N–H and O–H groups in total. The first-order chi connectivity index (χ1) is 18.0. The van der Waals surface area contributed by atoms with Crippen LogP contribution in [0.1, 0.15) is 60.9 Å². The van der Waals surface area contributed by atoms with Crippen LogP contribution in [0.4, 0.5) is 4.79 Å². The van der Waals surface area contributed by atoms with Gasteiger partial charge in [0.25, 0.3) is 5.91 Å². The summed E-state index contributed by atoms with van der Waals surface area (Å²) >= 11 is 12.8. The first-order valence-corrected chi connectivity index (χ1v) is 13.5. The molecule has 38 heavy (non-hydrogen) atoms. The molecule has 1 aromatic heterocycles. The number of aryl methyl sites for hydroxylation is 1. The van der Waals surface area contributed by atoms with E-state index in [2.05, 4.69) is 50.2 Å². The summed E-state index contributed by atoms with van der Waals surface area (Å²) in [7, 11) is 0. The van der Waals surface area contributed by atoms with Gasteiger partial charge in [-0.3, -0.25) is 9.69 Å². The summed E-state index contributed by atoms with van der Waals surface area (Å²) in [6.07, 6.45) is 0.794. The molecule has 2 fully saturated rings. The number of aromatic nitrogens is 1. The summed E-state index contributed by atoms with van der Waals surface area (Å²) in [6.45, 7) is 10.1. The SMILES string of the molecule is Cc1onc(-c2c(Cl)cccc2Cl)c1C(=O)N1CCC2(CC1)CN(Cc1ccc(C(C)(C)C)cc1)C(=O)O2. The van der Waals surface area contributed by atoms with Crippen molar-refractivity contribution in [3.63, 3.8) is 0 Å². The summed E-state index contributed by atoms with van der Waals surface area (Å²) in [5.41, 5.74) is 2.94. The maximum atomic E-state index is 13.6. The molecular formula is C29H31Cl2N3O4. The minimum atomic E-state index is -0.599. The van der Waals surface area contributed by atoms with Crippen LogP contribution in [-0.4, -0.2) is 52.2 Å². The van der Waals surface area contributed by atoms with Crippen molar-refractivity contribution in [2.24, 2.45) is 0 Å². The van der Waals surface area contributed by atoms with E-state index in [4.69, 9.17) is 32.5 Å². The Bertz CT molecular complexity index is 1350. The van der Waals surface area contributed by atoms with Crippen LogP contribution < -0.4 is 0 Å². The second-order valence-electron chi connectivity index (χ2n) is 11.2. The number of hydrogen-bond donors (Lipinski definition) is 0. The van der Waals surface area contributed by atoms with Gasteiger partial charge >= 0.3 is 6.09 Å². The molecular weight excluding hydrogens is 525 g/mol. The highest BCUT2D eigenvalue weighted by atomic mass is 35.5. The summed E-state index contributed by atoms with van der Waals surface area (Å²) in [6, 6.07) is 13.5. The van der Waals surface area contributed by atoms with E-state index >= 15 is 0 Å². The van der Waals surface area contributed by atoms with Crippen LogP contribution >= 0.6 is 23.2 Å². The summed E-state index contributed by atoms with van der Waals surface area (Å²) in [5, 5.41) is 4.89. The quantitative estimate of drug-likeness (QED) is 0.350. The molecule has 0 saturated carbocycles. The van der Waals surface area contributed by atoms with Gasteiger partial charge < -0.3 is 14.2 Å². The molecule has 9 heteroatoms. The van der Waals surface area contributed by atoms with Gasteiger partial charge in [0, 0.05) is 38.0 Å². The van der Waals surface area contributed by atoms with Crippen LogP contribution in [0.15, 0.2) is 47.0 Å². The molecule has 3 heterocycles. The van der Waals surface area contributed by atoms with E-state index in [9.17, 15) is 9.59 Å². The van der Waals surface area contributed by atoms with Gasteiger partial charge in [-0.05, 0) is 35.6 Å². The van der Waals surface area contributed by atoms with Gasteiger partial charge in [0.1, 0.15) is 22.6 Å². The number of ether oxygens (including phenoxy) is 1. The molecule has 2 aliphatic rings. The lowest BCUT2D eigenvalue weighted by Crippen LogP contribution is -2.48. The normalized spacial score (nSPS) is 17.3. The van der Waals surface area contributed by atoms with Crippen molar-refractivity contribution < 1.29 is 18.8 Å². The number of carbonyl (C=O) groups is 2. The second-order valence-corrected chi connectivity index (χ2v) is 12.0. The molecule has 2 aliphatic heterocycles. The lowest BCUT2D eigenvalue weighted by Gasteiger charge is -2.37. The smallest absolute Gasteiger partial charge is 0.410 e. The lowest BCUT2D eigenvalue weighted by atomic mass is 9.86. The van der Waals surface area contributed by atoms with Gasteiger partial charge in [-0.1, -0.05) is 79.5 Å². The van der Waals surface area contributed by atoms with E-state index in [1.165, 1.54) is 5.56 Å². The number of rotatable bonds is 4. The lowest BCUT2D eigenvalue weighted by molar-refractivity contribution is 0.00311. The van der Waals surface area contributed by atoms with Gasteiger partial charge in [-0.25, -0.2) is 4.79 Å². The highest BCUT2D eigenvalue weighted by molar-refractivity contribution is 6.39. The Morgan fingerprint density at radius 3 is 2.29 bits per heavy atom. The van der Waals surface area contributed by atoms with Gasteiger partial charge in [0.15, 0.2) is 0 Å². The molecule has 0 radical (unpaired) electrons. The zero-order valence-corrected chi connectivity index (χ0v) is 23.5. The van der Waals surface area contributed by atoms with Crippen molar-refractivity contribution in [1.29, 1.82) is 0 Å². The van der Waals surface area contributed by atoms with Crippen molar-refractivity contribution in [3.05, 3.63) is 75.0 Å². The Hall–Kier alpha value is -3.03. The van der Waals surface area contributed by atoms with Crippen molar-refractivity contribution in [2.75, 3.05) is 19.6 Å². The van der Waals surface area contributed by atoms with E-state index in [0.29, 0.717) is 71.6 Å². The zero-order valence-electron chi connectivity index (χ0n) is 22.0. The monoisotopic (exact) mass is 555 g/mol. The first-order valence-electron chi connectivity index (χ1n) is 12.7. The number of halogens is 2. The molecule has 5 rings (SSSR count). The molecule has 200 valence electrons. The van der Waals surface area contributed by atoms with Crippen LogP contribution in [0.25, 0.3) is 11.3 Å². The fourth-order valence-corrected chi connectivity index (χ4v) is 5.78. The van der Waals surface area contributed by atoms with Gasteiger partial charge in [0.2, 0.25) is 0 Å². The van der Waals surface area contributed by atoms with Crippen molar-refractivity contribution in [2.45, 2.75) is 58.1 Å². The van der Waals surface area contributed by atoms with E-state index in [1.54, 1.807) is 34.9 Å². The zero-order chi connectivity index (χ0) is 27.2. The largest absolute Gasteiger partial charge is 0.441 e. The predicted octanol–water partition coefficient (Wildman–Crippen LogP) is 6.88. The molecule has 0 bridgehead atoms. The number of carbonyl (C=O) groups excluding carboxylic acids is 2. The van der Waals surface area contributed by atoms with Gasteiger partial charge in [0.05, 0.1) is 16.6 Å². The number of likely N-dealkylation sites (tertiary alicyclic amines) is 1. The van der Waals surface area contributed by atoms with E-state index in [1.807, 2.05) is 0 Å². The summed E-state index contributed by atoms with van der Waals surface area (Å²) < 4.78 is 11.3. The van der Waals surface area contributed by atoms with Crippen molar-refractivity contribution >= 4 is 35.2 Å². The number of benzene rings is 2. The fraction of sp³-hybridized carbons (Fsp3) is 0.414. The first kappa shape index (κ1) is 26.6. The highest BCUT2D eigenvalue weighted by Crippen LogP contribution is 2.39. The molecule has 0 aliphatic carbocycles. The van der Waals surface area contributed by atoms with Crippen molar-refractivity contribution in [1.82, 2.24) is 15.0 Å². The molecule has 2 aromatic carbocycles. The second kappa shape index (κ2) is 9.93. The van der Waals surface area contributed by atoms with E-state index < -0.39 is 5.60 Å². The molecule has 2 amide bonds. The summed E-state index contributed by atoms with van der Waals surface area (Å²) in [4.78, 5) is 29.9. The van der Waals surface area contributed by atoms with E-state index in [-0.39, 0.29) is 17.4 Å². The third kappa shape index (κ3) is 5.02. The van der Waals surface area contributed by atoms with Crippen LogP contribution in [0, 0.1) is 6.92 Å². The number of nitrogens with zero attached hydrogens (tertiary/aromatic N) is 3. The molecule has 3 aromatic rings. The van der Waals surface area contributed by atoms with Gasteiger partial charge in [-0.2, -0.15) is 0 Å². The Balaban J connectivity index is 1.26. The van der Waals surface area contributed by atoms with Crippen LogP contribution in [0.5, 0.6) is 0 Å². The minimum Gasteiger partial charge on any atom is -0.441 e. The average Bonchev–Trinajstić information content (AvgIpc) is 3.38. The topological polar surface area (TPSA) is 75.9 Å². The highest BCUT2D eigenvalue weighted by Gasteiger charge is 2.48. The summed E-state index contributed by atoms with van der Waals surface area (Å²) in [5.74, 6) is 0.196. The Morgan fingerprint density at radius 1 is 1.05 bits per heavy atom. The Morgan fingerprint density at radius 2 is 1.68 bits per heavy atom. The molecule has 7 nitrogen and oxygen atoms in total. The Kier molecular flexibility index (Phi) is 6.95. The standard InChI is InChI=1S/C29H31Cl2N3O4/c1-18-23(25(32-38-18)24-21(30)6-5-7-22(24)31)26(35)33-14-12-29(13-15-33)17-34(27(36)37-29)16-19-8-10-20(11-9-19)28(2,3)4/h5-11H,12-17H2,1-4H3. The molecule has 1 spiro atoms. The average molecular weight is 556 g/mol.